The maximum absolute atomic E-state index is 14.3. The highest BCUT2D eigenvalue weighted by molar-refractivity contribution is 5.91. The first-order valence-corrected chi connectivity index (χ1v) is 9.92. The lowest BCUT2D eigenvalue weighted by Gasteiger charge is -2.29. The van der Waals surface area contributed by atoms with Crippen molar-refractivity contribution in [1.29, 1.82) is 0 Å². The van der Waals surface area contributed by atoms with Gasteiger partial charge in [0.05, 0.1) is 42.7 Å². The van der Waals surface area contributed by atoms with Gasteiger partial charge in [0.1, 0.15) is 5.82 Å². The summed E-state index contributed by atoms with van der Waals surface area (Å²) < 4.78 is 21.2. The Morgan fingerprint density at radius 2 is 1.94 bits per heavy atom. The average molecular weight is 425 g/mol. The number of hydrogen-bond donors (Lipinski definition) is 1. The lowest BCUT2D eigenvalue weighted by atomic mass is 10.2. The predicted molar refractivity (Wildman–Crippen MR) is 115 cm³/mol. The van der Waals surface area contributed by atoms with E-state index in [-0.39, 0.29) is 17.4 Å². The largest absolute Gasteiger partial charge is 0.378 e. The molecule has 0 bridgehead atoms. The summed E-state index contributed by atoms with van der Waals surface area (Å²) in [7, 11) is 3.31. The molecule has 10 heteroatoms. The Morgan fingerprint density at radius 1 is 1.16 bits per heavy atom. The molecule has 0 spiro atoms. The minimum atomic E-state index is -0.324. The van der Waals surface area contributed by atoms with Gasteiger partial charge < -0.3 is 19.9 Å². The maximum atomic E-state index is 14.3. The summed E-state index contributed by atoms with van der Waals surface area (Å²) in [5.41, 5.74) is 3.69. The summed E-state index contributed by atoms with van der Waals surface area (Å²) in [6.07, 6.45) is 3.23. The van der Waals surface area contributed by atoms with E-state index in [1.54, 1.807) is 26.5 Å². The maximum Gasteiger partial charge on any atom is 0.275 e. The van der Waals surface area contributed by atoms with Crippen LogP contribution in [0, 0.1) is 12.7 Å². The number of aromatic nitrogens is 4. The number of anilines is 3. The summed E-state index contributed by atoms with van der Waals surface area (Å²) >= 11 is 0. The van der Waals surface area contributed by atoms with Crippen LogP contribution in [0.15, 0.2) is 36.7 Å². The number of aryl methyl sites for hydroxylation is 1. The Kier molecular flexibility index (Phi) is 5.81. The van der Waals surface area contributed by atoms with E-state index in [1.165, 1.54) is 21.7 Å². The number of halogens is 1. The molecule has 1 aliphatic heterocycles. The van der Waals surface area contributed by atoms with E-state index in [9.17, 15) is 9.18 Å². The molecule has 1 aromatic carbocycles. The van der Waals surface area contributed by atoms with Crippen LogP contribution in [-0.2, 0) is 4.74 Å². The number of nitrogens with one attached hydrogen (secondary N) is 1. The van der Waals surface area contributed by atoms with Gasteiger partial charge in [0.25, 0.3) is 5.91 Å². The number of hydrogen-bond acceptors (Lipinski definition) is 7. The normalized spacial score (nSPS) is 13.9. The Hall–Kier alpha value is -3.53. The SMILES string of the molecule is Cc1ncc(Nc2cc(F)cc(N3CCOCC3)c2)cc1-n1cc(C(=O)N(C)C)nn1. The van der Waals surface area contributed by atoms with E-state index in [4.69, 9.17) is 4.74 Å². The average Bonchev–Trinajstić information content (AvgIpc) is 3.24. The van der Waals surface area contributed by atoms with Gasteiger partial charge in [0.15, 0.2) is 5.69 Å². The Labute approximate surface area is 179 Å². The fourth-order valence-corrected chi connectivity index (χ4v) is 3.35. The molecule has 31 heavy (non-hydrogen) atoms. The van der Waals surface area contributed by atoms with Crippen LogP contribution >= 0.6 is 0 Å². The third kappa shape index (κ3) is 4.64. The summed E-state index contributed by atoms with van der Waals surface area (Å²) in [5.74, 6) is -0.559. The molecule has 2 aromatic heterocycles. The number of morpholine rings is 1. The Bertz CT molecular complexity index is 1090. The second kappa shape index (κ2) is 8.68. The first-order valence-electron chi connectivity index (χ1n) is 9.92. The molecule has 0 aliphatic carbocycles. The number of benzene rings is 1. The van der Waals surface area contributed by atoms with Gasteiger partial charge in [0, 0.05) is 38.6 Å². The van der Waals surface area contributed by atoms with Crippen molar-refractivity contribution < 1.29 is 13.9 Å². The van der Waals surface area contributed by atoms with E-state index in [1.807, 2.05) is 19.1 Å². The molecular weight excluding hydrogens is 401 g/mol. The topological polar surface area (TPSA) is 88.4 Å². The van der Waals surface area contributed by atoms with E-state index >= 15 is 0 Å². The molecule has 3 aromatic rings. The van der Waals surface area contributed by atoms with Crippen molar-refractivity contribution in [2.24, 2.45) is 0 Å². The molecule has 1 aliphatic rings. The van der Waals surface area contributed by atoms with Crippen LogP contribution in [0.1, 0.15) is 16.2 Å². The van der Waals surface area contributed by atoms with Crippen LogP contribution in [-0.4, -0.2) is 71.2 Å². The minimum absolute atomic E-state index is 0.235. The van der Waals surface area contributed by atoms with Crippen molar-refractivity contribution in [1.82, 2.24) is 24.9 Å². The number of rotatable bonds is 5. The van der Waals surface area contributed by atoms with Gasteiger partial charge in [-0.05, 0) is 31.2 Å². The molecule has 162 valence electrons. The lowest BCUT2D eigenvalue weighted by Crippen LogP contribution is -2.36. The van der Waals surface area contributed by atoms with E-state index in [0.29, 0.717) is 36.0 Å². The number of amides is 1. The molecule has 3 heterocycles. The van der Waals surface area contributed by atoms with Crippen LogP contribution in [0.5, 0.6) is 0 Å². The van der Waals surface area contributed by atoms with E-state index in [0.717, 1.165) is 18.8 Å². The number of ether oxygens (including phenoxy) is 1. The monoisotopic (exact) mass is 425 g/mol. The summed E-state index contributed by atoms with van der Waals surface area (Å²) in [6, 6.07) is 6.69. The molecule has 0 unspecified atom stereocenters. The zero-order chi connectivity index (χ0) is 22.0. The smallest absolute Gasteiger partial charge is 0.275 e. The fraction of sp³-hybridized carbons (Fsp3) is 0.333. The van der Waals surface area contributed by atoms with Crippen LogP contribution in [0.3, 0.4) is 0 Å². The number of nitrogens with zero attached hydrogens (tertiary/aromatic N) is 6. The van der Waals surface area contributed by atoms with Crippen molar-refractivity contribution in [2.75, 3.05) is 50.6 Å². The number of pyridine rings is 1. The predicted octanol–water partition coefficient (Wildman–Crippen LogP) is 2.39. The van der Waals surface area contributed by atoms with Crippen molar-refractivity contribution in [3.8, 4) is 5.69 Å². The minimum Gasteiger partial charge on any atom is -0.378 e. The Balaban J connectivity index is 1.59. The van der Waals surface area contributed by atoms with Crippen LogP contribution < -0.4 is 10.2 Å². The molecule has 4 rings (SSSR count). The van der Waals surface area contributed by atoms with Crippen molar-refractivity contribution in [3.63, 3.8) is 0 Å². The molecular formula is C21H24FN7O2. The first-order chi connectivity index (χ1) is 14.9. The highest BCUT2D eigenvalue weighted by atomic mass is 19.1. The van der Waals surface area contributed by atoms with Crippen LogP contribution in [0.25, 0.3) is 5.69 Å². The Morgan fingerprint density at radius 3 is 2.68 bits per heavy atom. The molecule has 0 saturated carbocycles. The summed E-state index contributed by atoms with van der Waals surface area (Å²) in [6.45, 7) is 4.54. The van der Waals surface area contributed by atoms with Gasteiger partial charge >= 0.3 is 0 Å². The van der Waals surface area contributed by atoms with E-state index in [2.05, 4.69) is 25.5 Å². The van der Waals surface area contributed by atoms with E-state index < -0.39 is 0 Å². The molecule has 0 radical (unpaired) electrons. The van der Waals surface area contributed by atoms with Crippen molar-refractivity contribution in [2.45, 2.75) is 6.92 Å². The quantitative estimate of drug-likeness (QED) is 0.671. The van der Waals surface area contributed by atoms with Gasteiger partial charge in [-0.1, -0.05) is 5.21 Å². The fourth-order valence-electron chi connectivity index (χ4n) is 3.35. The number of carbonyl (C=O) groups is 1. The molecule has 1 amide bonds. The van der Waals surface area contributed by atoms with Crippen molar-refractivity contribution >= 4 is 23.0 Å². The van der Waals surface area contributed by atoms with Gasteiger partial charge in [-0.3, -0.25) is 9.78 Å². The highest BCUT2D eigenvalue weighted by Gasteiger charge is 2.16. The standard InChI is InChI=1S/C21H24FN7O2/c1-14-20(29-13-19(25-26-29)21(30)27(2)3)11-17(12-23-14)24-16-8-15(22)9-18(10-16)28-4-6-31-7-5-28/h8-13,24H,4-7H2,1-3H3. The zero-order valence-corrected chi connectivity index (χ0v) is 17.7. The number of carbonyl (C=O) groups excluding carboxylic acids is 1. The molecule has 9 nitrogen and oxygen atoms in total. The lowest BCUT2D eigenvalue weighted by molar-refractivity contribution is 0.0822. The van der Waals surface area contributed by atoms with Crippen LogP contribution in [0.4, 0.5) is 21.5 Å². The second-order valence-electron chi connectivity index (χ2n) is 7.50. The van der Waals surface area contributed by atoms with Crippen LogP contribution in [0.2, 0.25) is 0 Å². The molecule has 1 fully saturated rings. The van der Waals surface area contributed by atoms with Gasteiger partial charge in [-0.25, -0.2) is 9.07 Å². The highest BCUT2D eigenvalue weighted by Crippen LogP contribution is 2.26. The molecule has 1 saturated heterocycles. The summed E-state index contributed by atoms with van der Waals surface area (Å²) in [5, 5.41) is 11.2. The van der Waals surface area contributed by atoms with Gasteiger partial charge in [-0.15, -0.1) is 5.10 Å². The first kappa shape index (κ1) is 20.7. The second-order valence-corrected chi connectivity index (χ2v) is 7.50. The third-order valence-electron chi connectivity index (χ3n) is 4.97. The molecule has 1 N–H and O–H groups in total. The van der Waals surface area contributed by atoms with Crippen molar-refractivity contribution in [3.05, 3.63) is 53.9 Å². The third-order valence-corrected chi connectivity index (χ3v) is 4.97. The molecule has 0 atom stereocenters. The van der Waals surface area contributed by atoms with Gasteiger partial charge in [-0.2, -0.15) is 0 Å². The summed E-state index contributed by atoms with van der Waals surface area (Å²) in [4.78, 5) is 20.1. The van der Waals surface area contributed by atoms with Gasteiger partial charge in [0.2, 0.25) is 0 Å². The zero-order valence-electron chi connectivity index (χ0n) is 17.7.